The van der Waals surface area contributed by atoms with Crippen LogP contribution in [-0.2, 0) is 20.6 Å². The molecule has 0 saturated heterocycles. The van der Waals surface area contributed by atoms with Crippen LogP contribution in [0.1, 0.15) is 30.0 Å². The third kappa shape index (κ3) is 6.30. The molecular weight excluding hydrogens is 464 g/mol. The third-order valence-corrected chi connectivity index (χ3v) is 7.86. The molecule has 0 aliphatic rings. The van der Waals surface area contributed by atoms with E-state index in [0.717, 1.165) is 27.5 Å². The molecule has 3 aromatic rings. The first kappa shape index (κ1) is 24.2. The molecule has 10 heteroatoms. The summed E-state index contributed by atoms with van der Waals surface area (Å²) < 4.78 is 27.2. The topological polar surface area (TPSA) is 92.3 Å². The van der Waals surface area contributed by atoms with Crippen molar-refractivity contribution in [1.82, 2.24) is 10.2 Å². The average Bonchev–Trinajstić information content (AvgIpc) is 3.16. The fraction of sp³-hybridized carbons (Fsp3) is 0.318. The predicted molar refractivity (Wildman–Crippen MR) is 132 cm³/mol. The molecule has 0 aliphatic heterocycles. The zero-order valence-electron chi connectivity index (χ0n) is 18.4. The second-order valence-corrected chi connectivity index (χ2v) is 11.5. The highest BCUT2D eigenvalue weighted by Crippen LogP contribution is 2.29. The van der Waals surface area contributed by atoms with Crippen LogP contribution in [0, 0.1) is 13.8 Å². The van der Waals surface area contributed by atoms with Crippen molar-refractivity contribution in [2.75, 3.05) is 15.9 Å². The SMILES string of the molecule is CC[C@H](C(=O)Nc1nnc(SCc2ccccc2)s1)N(c1cc(C)cc(C)c1)S(C)(=O)=O. The Morgan fingerprint density at radius 2 is 1.78 bits per heavy atom. The Morgan fingerprint density at radius 3 is 2.38 bits per heavy atom. The maximum atomic E-state index is 13.1. The zero-order valence-corrected chi connectivity index (χ0v) is 20.9. The van der Waals surface area contributed by atoms with Crippen LogP contribution in [0.3, 0.4) is 0 Å². The fourth-order valence-corrected chi connectivity index (χ4v) is 6.27. The van der Waals surface area contributed by atoms with E-state index in [-0.39, 0.29) is 0 Å². The number of sulfonamides is 1. The van der Waals surface area contributed by atoms with Crippen LogP contribution < -0.4 is 9.62 Å². The average molecular weight is 491 g/mol. The third-order valence-electron chi connectivity index (χ3n) is 4.63. The first-order valence-electron chi connectivity index (χ1n) is 10.1. The van der Waals surface area contributed by atoms with E-state index in [4.69, 9.17) is 0 Å². The van der Waals surface area contributed by atoms with Crippen LogP contribution in [-0.4, -0.2) is 36.8 Å². The maximum absolute atomic E-state index is 13.1. The van der Waals surface area contributed by atoms with E-state index < -0.39 is 22.0 Å². The van der Waals surface area contributed by atoms with Crippen LogP contribution in [0.4, 0.5) is 10.8 Å². The number of rotatable bonds is 9. The van der Waals surface area contributed by atoms with E-state index in [1.807, 2.05) is 50.2 Å². The van der Waals surface area contributed by atoms with Crippen molar-refractivity contribution in [3.05, 3.63) is 65.2 Å². The molecule has 1 amide bonds. The summed E-state index contributed by atoms with van der Waals surface area (Å²) in [6.07, 6.45) is 1.42. The van der Waals surface area contributed by atoms with Gasteiger partial charge in [-0.3, -0.25) is 14.4 Å². The van der Waals surface area contributed by atoms with Crippen molar-refractivity contribution in [3.8, 4) is 0 Å². The van der Waals surface area contributed by atoms with Crippen LogP contribution in [0.25, 0.3) is 0 Å². The van der Waals surface area contributed by atoms with Gasteiger partial charge in [0.05, 0.1) is 11.9 Å². The number of benzene rings is 2. The molecule has 0 radical (unpaired) electrons. The molecule has 2 aromatic carbocycles. The Balaban J connectivity index is 1.76. The molecule has 1 aromatic heterocycles. The number of nitrogens with one attached hydrogen (secondary N) is 1. The van der Waals surface area contributed by atoms with Gasteiger partial charge in [-0.1, -0.05) is 66.4 Å². The van der Waals surface area contributed by atoms with Crippen molar-refractivity contribution in [2.45, 2.75) is 43.3 Å². The summed E-state index contributed by atoms with van der Waals surface area (Å²) in [5, 5.41) is 11.3. The van der Waals surface area contributed by atoms with Gasteiger partial charge in [-0.2, -0.15) is 0 Å². The molecule has 0 unspecified atom stereocenters. The molecule has 7 nitrogen and oxygen atoms in total. The second-order valence-electron chi connectivity index (χ2n) is 7.47. The van der Waals surface area contributed by atoms with Crippen molar-refractivity contribution in [2.24, 2.45) is 0 Å². The summed E-state index contributed by atoms with van der Waals surface area (Å²) in [4.78, 5) is 13.1. The summed E-state index contributed by atoms with van der Waals surface area (Å²) in [6, 6.07) is 14.6. The summed E-state index contributed by atoms with van der Waals surface area (Å²) in [5.41, 5.74) is 3.49. The van der Waals surface area contributed by atoms with Crippen LogP contribution in [0.15, 0.2) is 52.9 Å². The highest BCUT2D eigenvalue weighted by Gasteiger charge is 2.32. The number of thioether (sulfide) groups is 1. The van der Waals surface area contributed by atoms with Gasteiger partial charge in [0.2, 0.25) is 21.1 Å². The van der Waals surface area contributed by atoms with Gasteiger partial charge < -0.3 is 0 Å². The molecule has 3 rings (SSSR count). The minimum absolute atomic E-state index is 0.306. The summed E-state index contributed by atoms with van der Waals surface area (Å²) in [5.74, 6) is 0.308. The van der Waals surface area contributed by atoms with Crippen molar-refractivity contribution in [1.29, 1.82) is 0 Å². The molecule has 1 atom stereocenters. The summed E-state index contributed by atoms with van der Waals surface area (Å²) in [7, 11) is -3.70. The highest BCUT2D eigenvalue weighted by atomic mass is 32.2. The van der Waals surface area contributed by atoms with Crippen LogP contribution in [0.5, 0.6) is 0 Å². The first-order chi connectivity index (χ1) is 15.2. The number of aromatic nitrogens is 2. The Kier molecular flexibility index (Phi) is 7.91. The molecule has 0 saturated carbocycles. The maximum Gasteiger partial charge on any atom is 0.250 e. The van der Waals surface area contributed by atoms with Crippen LogP contribution >= 0.6 is 23.1 Å². The molecule has 32 heavy (non-hydrogen) atoms. The fourth-order valence-electron chi connectivity index (χ4n) is 3.36. The number of nitrogens with zero attached hydrogens (tertiary/aromatic N) is 3. The zero-order chi connectivity index (χ0) is 23.3. The number of amides is 1. The minimum atomic E-state index is -3.70. The van der Waals surface area contributed by atoms with Gasteiger partial charge in [-0.25, -0.2) is 8.42 Å². The predicted octanol–water partition coefficient (Wildman–Crippen LogP) is 4.63. The molecule has 170 valence electrons. The van der Waals surface area contributed by atoms with E-state index >= 15 is 0 Å². The Bertz CT molecular complexity index is 1160. The number of anilines is 2. The quantitative estimate of drug-likeness (QED) is 0.347. The normalized spacial score (nSPS) is 12.4. The molecule has 0 bridgehead atoms. The molecule has 0 aliphatic carbocycles. The van der Waals surface area contributed by atoms with Gasteiger partial charge in [0, 0.05) is 5.75 Å². The largest absolute Gasteiger partial charge is 0.299 e. The van der Waals surface area contributed by atoms with Crippen molar-refractivity contribution in [3.63, 3.8) is 0 Å². The molecular formula is C22H26N4O3S3. The van der Waals surface area contributed by atoms with Gasteiger partial charge >= 0.3 is 0 Å². The lowest BCUT2D eigenvalue weighted by atomic mass is 10.1. The smallest absolute Gasteiger partial charge is 0.250 e. The van der Waals surface area contributed by atoms with Gasteiger partial charge in [0.15, 0.2) is 4.34 Å². The number of hydrogen-bond donors (Lipinski definition) is 1. The van der Waals surface area contributed by atoms with E-state index in [0.29, 0.717) is 17.2 Å². The number of carbonyl (C=O) groups is 1. The standard InChI is InChI=1S/C22H26N4O3S3/c1-5-19(26(32(4,28)29)18-12-15(2)11-16(3)13-18)20(27)23-21-24-25-22(31-21)30-14-17-9-7-6-8-10-17/h6-13,19H,5,14H2,1-4H3,(H,23,24,27)/t19-/m1/s1. The van der Waals surface area contributed by atoms with Crippen molar-refractivity contribution < 1.29 is 13.2 Å². The molecule has 0 fully saturated rings. The van der Waals surface area contributed by atoms with Gasteiger partial charge in [0.25, 0.3) is 0 Å². The second kappa shape index (κ2) is 10.5. The van der Waals surface area contributed by atoms with E-state index in [1.165, 1.54) is 33.0 Å². The van der Waals surface area contributed by atoms with Crippen LogP contribution in [0.2, 0.25) is 0 Å². The van der Waals surface area contributed by atoms with Gasteiger partial charge in [0.1, 0.15) is 6.04 Å². The lowest BCUT2D eigenvalue weighted by Gasteiger charge is -2.30. The van der Waals surface area contributed by atoms with E-state index in [2.05, 4.69) is 15.5 Å². The number of hydrogen-bond acceptors (Lipinski definition) is 7. The lowest BCUT2D eigenvalue weighted by Crippen LogP contribution is -2.47. The Morgan fingerprint density at radius 1 is 1.12 bits per heavy atom. The Hall–Kier alpha value is -2.43. The molecule has 0 spiro atoms. The first-order valence-corrected chi connectivity index (χ1v) is 13.7. The highest BCUT2D eigenvalue weighted by molar-refractivity contribution is 8.00. The molecule has 1 N–H and O–H groups in total. The van der Waals surface area contributed by atoms with Crippen molar-refractivity contribution >= 4 is 49.8 Å². The summed E-state index contributed by atoms with van der Waals surface area (Å²) in [6.45, 7) is 5.58. The molecule has 1 heterocycles. The lowest BCUT2D eigenvalue weighted by molar-refractivity contribution is -0.117. The van der Waals surface area contributed by atoms with E-state index in [9.17, 15) is 13.2 Å². The monoisotopic (exact) mass is 490 g/mol. The number of carbonyl (C=O) groups excluding carboxylic acids is 1. The Labute approximate surface area is 197 Å². The number of aryl methyl sites for hydroxylation is 2. The van der Waals surface area contributed by atoms with Gasteiger partial charge in [-0.05, 0) is 49.1 Å². The summed E-state index contributed by atoms with van der Waals surface area (Å²) >= 11 is 2.80. The minimum Gasteiger partial charge on any atom is -0.299 e. The van der Waals surface area contributed by atoms with E-state index in [1.54, 1.807) is 19.1 Å². The van der Waals surface area contributed by atoms with Gasteiger partial charge in [-0.15, -0.1) is 10.2 Å².